The number of rotatable bonds is 9. The molecule has 0 aromatic rings. The van der Waals surface area contributed by atoms with Crippen molar-refractivity contribution in [2.45, 2.75) is 71.5 Å². The average Bonchev–Trinajstić information content (AvgIpc) is 2.41. The highest BCUT2D eigenvalue weighted by atomic mass is 127. The van der Waals surface area contributed by atoms with Crippen molar-refractivity contribution in [2.24, 2.45) is 0 Å². The summed E-state index contributed by atoms with van der Waals surface area (Å²) in [6.45, 7) is 16.2. The smallest absolute Gasteiger partial charge is 0.345 e. The minimum atomic E-state index is -1.87. The van der Waals surface area contributed by atoms with Crippen LogP contribution in [-0.4, -0.2) is 27.5 Å². The van der Waals surface area contributed by atoms with E-state index in [2.05, 4.69) is 41.5 Å². The SMILES string of the molecule is CCOC(=O)/C(I)=C(\Cl)CCO[Si](C(C)C)(C(C)C)C(C)C. The first-order valence-corrected chi connectivity index (χ1v) is 11.6. The topological polar surface area (TPSA) is 35.5 Å². The van der Waals surface area contributed by atoms with Gasteiger partial charge < -0.3 is 9.16 Å². The predicted molar refractivity (Wildman–Crippen MR) is 105 cm³/mol. The van der Waals surface area contributed by atoms with Gasteiger partial charge in [-0.3, -0.25) is 0 Å². The fourth-order valence-corrected chi connectivity index (χ4v) is 9.27. The molecule has 0 rings (SSSR count). The first kappa shape index (κ1) is 22.4. The summed E-state index contributed by atoms with van der Waals surface area (Å²) in [5.41, 5.74) is 1.62. The number of hydrogen-bond acceptors (Lipinski definition) is 3. The van der Waals surface area contributed by atoms with E-state index in [0.717, 1.165) is 0 Å². The van der Waals surface area contributed by atoms with E-state index < -0.39 is 8.32 Å². The molecule has 130 valence electrons. The molecule has 0 aliphatic rings. The van der Waals surface area contributed by atoms with E-state index in [1.165, 1.54) is 0 Å². The highest BCUT2D eigenvalue weighted by Crippen LogP contribution is 2.42. The minimum Gasteiger partial charge on any atom is -0.462 e. The van der Waals surface area contributed by atoms with E-state index >= 15 is 0 Å². The Bertz CT molecular complexity index is 373. The fraction of sp³-hybridized carbons (Fsp3) is 0.812. The second-order valence-corrected chi connectivity index (χ2v) is 13.4. The van der Waals surface area contributed by atoms with Gasteiger partial charge in [0.15, 0.2) is 8.32 Å². The van der Waals surface area contributed by atoms with Gasteiger partial charge in [0.25, 0.3) is 0 Å². The molecule has 0 amide bonds. The standard InChI is InChI=1S/C16H30ClIO3Si/c1-8-20-16(19)15(18)14(17)9-10-21-22(11(2)3,12(4)5)13(6)7/h11-13H,8-10H2,1-7H3/b15-14+. The van der Waals surface area contributed by atoms with Crippen molar-refractivity contribution in [1.29, 1.82) is 0 Å². The predicted octanol–water partition coefficient (Wildman–Crippen LogP) is 6.02. The number of hydrogen-bond donors (Lipinski definition) is 0. The van der Waals surface area contributed by atoms with Crippen LogP contribution in [0.3, 0.4) is 0 Å². The second kappa shape index (κ2) is 10.3. The maximum atomic E-state index is 11.7. The number of carbonyl (C=O) groups excluding carboxylic acids is 1. The fourth-order valence-electron chi connectivity index (χ4n) is 3.23. The van der Waals surface area contributed by atoms with Crippen LogP contribution in [-0.2, 0) is 14.0 Å². The molecular formula is C16H30ClIO3Si. The Balaban J connectivity index is 4.90. The Morgan fingerprint density at radius 2 is 1.55 bits per heavy atom. The Morgan fingerprint density at radius 3 is 1.91 bits per heavy atom. The molecule has 0 saturated carbocycles. The molecule has 3 nitrogen and oxygen atoms in total. The third-order valence-electron chi connectivity index (χ3n) is 4.07. The summed E-state index contributed by atoms with van der Waals surface area (Å²) in [5, 5.41) is 0.526. The van der Waals surface area contributed by atoms with Gasteiger partial charge in [-0.15, -0.1) is 0 Å². The van der Waals surface area contributed by atoms with Crippen LogP contribution in [0.2, 0.25) is 16.6 Å². The largest absolute Gasteiger partial charge is 0.462 e. The molecule has 6 heteroatoms. The molecule has 0 aromatic carbocycles. The minimum absolute atomic E-state index is 0.354. The molecule has 0 atom stereocenters. The van der Waals surface area contributed by atoms with Gasteiger partial charge in [-0.2, -0.15) is 0 Å². The van der Waals surface area contributed by atoms with E-state index in [-0.39, 0.29) is 5.97 Å². The van der Waals surface area contributed by atoms with E-state index in [0.29, 0.717) is 44.9 Å². The van der Waals surface area contributed by atoms with Gasteiger partial charge in [-0.25, -0.2) is 4.79 Å². The molecule has 0 spiro atoms. The first-order chi connectivity index (χ1) is 10.1. The van der Waals surface area contributed by atoms with Crippen molar-refractivity contribution < 1.29 is 14.0 Å². The van der Waals surface area contributed by atoms with Crippen molar-refractivity contribution in [3.8, 4) is 0 Å². The average molecular weight is 461 g/mol. The molecule has 22 heavy (non-hydrogen) atoms. The molecule has 0 bridgehead atoms. The van der Waals surface area contributed by atoms with Crippen LogP contribution >= 0.6 is 34.2 Å². The van der Waals surface area contributed by atoms with Crippen LogP contribution in [0.4, 0.5) is 0 Å². The zero-order valence-electron chi connectivity index (χ0n) is 14.8. The Morgan fingerprint density at radius 1 is 1.09 bits per heavy atom. The summed E-state index contributed by atoms with van der Waals surface area (Å²) in [7, 11) is -1.87. The number of esters is 1. The third kappa shape index (κ3) is 5.80. The molecule has 0 aliphatic carbocycles. The lowest BCUT2D eigenvalue weighted by Crippen LogP contribution is -2.48. The maximum absolute atomic E-state index is 11.7. The summed E-state index contributed by atoms with van der Waals surface area (Å²) in [4.78, 5) is 11.7. The van der Waals surface area contributed by atoms with Crippen LogP contribution < -0.4 is 0 Å². The highest BCUT2D eigenvalue weighted by Gasteiger charge is 2.44. The lowest BCUT2D eigenvalue weighted by atomic mass is 10.4. The zero-order chi connectivity index (χ0) is 17.5. The Hall–Kier alpha value is 0.407. The highest BCUT2D eigenvalue weighted by molar-refractivity contribution is 14.1. The molecule has 0 aromatic heterocycles. The van der Waals surface area contributed by atoms with Crippen LogP contribution in [0, 0.1) is 0 Å². The van der Waals surface area contributed by atoms with Crippen LogP contribution in [0.1, 0.15) is 54.9 Å². The van der Waals surface area contributed by atoms with Crippen LogP contribution in [0.15, 0.2) is 8.61 Å². The van der Waals surface area contributed by atoms with Crippen molar-refractivity contribution in [3.63, 3.8) is 0 Å². The molecule has 0 fully saturated rings. The van der Waals surface area contributed by atoms with Gasteiger partial charge in [-0.1, -0.05) is 53.1 Å². The van der Waals surface area contributed by atoms with E-state index in [4.69, 9.17) is 20.8 Å². The maximum Gasteiger partial charge on any atom is 0.345 e. The summed E-state index contributed by atoms with van der Waals surface area (Å²) in [6.07, 6.45) is 0.555. The normalized spacial score (nSPS) is 13.8. The van der Waals surface area contributed by atoms with E-state index in [1.807, 2.05) is 22.6 Å². The molecule has 0 N–H and O–H groups in total. The summed E-state index contributed by atoms with van der Waals surface area (Å²) in [5.74, 6) is -0.354. The van der Waals surface area contributed by atoms with Gasteiger partial charge in [0.2, 0.25) is 0 Å². The summed E-state index contributed by atoms with van der Waals surface area (Å²) in [6, 6.07) is 0. The Kier molecular flexibility index (Phi) is 10.5. The van der Waals surface area contributed by atoms with Crippen molar-refractivity contribution in [2.75, 3.05) is 13.2 Å². The number of ether oxygens (including phenoxy) is 1. The van der Waals surface area contributed by atoms with Gasteiger partial charge in [0.1, 0.15) is 3.58 Å². The molecule has 0 radical (unpaired) electrons. The second-order valence-electron chi connectivity index (χ2n) is 6.36. The monoisotopic (exact) mass is 460 g/mol. The molecular weight excluding hydrogens is 431 g/mol. The van der Waals surface area contributed by atoms with E-state index in [1.54, 1.807) is 6.92 Å². The summed E-state index contributed by atoms with van der Waals surface area (Å²) < 4.78 is 11.9. The zero-order valence-corrected chi connectivity index (χ0v) is 18.7. The van der Waals surface area contributed by atoms with Crippen LogP contribution in [0.25, 0.3) is 0 Å². The third-order valence-corrected chi connectivity index (χ3v) is 12.0. The van der Waals surface area contributed by atoms with Crippen molar-refractivity contribution >= 4 is 48.5 Å². The molecule has 0 aliphatic heterocycles. The number of halogens is 2. The lowest BCUT2D eigenvalue weighted by molar-refractivity contribution is -0.137. The number of carbonyl (C=O) groups is 1. The Labute approximate surface area is 155 Å². The summed E-state index contributed by atoms with van der Waals surface area (Å²) >= 11 is 8.18. The van der Waals surface area contributed by atoms with Gasteiger partial charge >= 0.3 is 5.97 Å². The lowest BCUT2D eigenvalue weighted by Gasteiger charge is -2.42. The van der Waals surface area contributed by atoms with Gasteiger partial charge in [0, 0.05) is 18.1 Å². The molecule has 0 saturated heterocycles. The quantitative estimate of drug-likeness (QED) is 0.183. The van der Waals surface area contributed by atoms with E-state index in [9.17, 15) is 4.79 Å². The van der Waals surface area contributed by atoms with Crippen molar-refractivity contribution in [3.05, 3.63) is 8.61 Å². The molecule has 0 unspecified atom stereocenters. The molecule has 0 heterocycles. The van der Waals surface area contributed by atoms with Gasteiger partial charge in [0.05, 0.1) is 6.61 Å². The van der Waals surface area contributed by atoms with Crippen molar-refractivity contribution in [1.82, 2.24) is 0 Å². The van der Waals surface area contributed by atoms with Gasteiger partial charge in [-0.05, 0) is 46.1 Å². The van der Waals surface area contributed by atoms with Crippen LogP contribution in [0.5, 0.6) is 0 Å². The first-order valence-electron chi connectivity index (χ1n) is 7.96.